The van der Waals surface area contributed by atoms with Crippen molar-refractivity contribution >= 4 is 15.7 Å². The average Bonchev–Trinajstić information content (AvgIpc) is 2.93. The highest BCUT2D eigenvalue weighted by Crippen LogP contribution is 2.18. The van der Waals surface area contributed by atoms with Crippen molar-refractivity contribution in [2.75, 3.05) is 18.6 Å². The molecule has 0 aromatic heterocycles. The summed E-state index contributed by atoms with van der Waals surface area (Å²) < 4.78 is 23.2. The molecule has 2 rings (SSSR count). The summed E-state index contributed by atoms with van der Waals surface area (Å²) >= 11 is 0. The summed E-state index contributed by atoms with van der Waals surface area (Å²) in [5, 5.41) is 12.1. The molecule has 1 amide bonds. The maximum Gasteiger partial charge on any atom is 0.239 e. The standard InChI is InChI=1S/C17H23N3O3S/c1-12(15-6-4-14(10-18)5-7-15)19-13(2)17(21)20(3)16-8-9-24(22,23)11-16/h4-7,12-13,16,19H,8-9,11H2,1-3H3/t12-,13-,16+/m0/s1. The van der Waals surface area contributed by atoms with Gasteiger partial charge < -0.3 is 4.90 Å². The fraction of sp³-hybridized carbons (Fsp3) is 0.529. The Kier molecular flexibility index (Phi) is 5.62. The third-order valence-corrected chi connectivity index (χ3v) is 6.26. The number of nitrogens with zero attached hydrogens (tertiary/aromatic N) is 2. The number of amides is 1. The van der Waals surface area contributed by atoms with Gasteiger partial charge in [-0.25, -0.2) is 8.42 Å². The van der Waals surface area contributed by atoms with E-state index in [9.17, 15) is 13.2 Å². The molecule has 1 aromatic carbocycles. The van der Waals surface area contributed by atoms with Crippen molar-refractivity contribution in [2.24, 2.45) is 0 Å². The Morgan fingerprint density at radius 3 is 2.46 bits per heavy atom. The zero-order valence-electron chi connectivity index (χ0n) is 14.2. The topological polar surface area (TPSA) is 90.3 Å². The fourth-order valence-electron chi connectivity index (χ4n) is 2.96. The molecule has 0 bridgehead atoms. The van der Waals surface area contributed by atoms with Gasteiger partial charge in [0.05, 0.1) is 29.2 Å². The minimum absolute atomic E-state index is 0.0487. The summed E-state index contributed by atoms with van der Waals surface area (Å²) in [6.07, 6.45) is 0.502. The van der Waals surface area contributed by atoms with Gasteiger partial charge in [0.15, 0.2) is 9.84 Å². The number of rotatable bonds is 5. The molecular weight excluding hydrogens is 326 g/mol. The van der Waals surface area contributed by atoms with E-state index in [0.29, 0.717) is 12.0 Å². The molecule has 0 unspecified atom stereocenters. The summed E-state index contributed by atoms with van der Waals surface area (Å²) in [4.78, 5) is 14.1. The Hall–Kier alpha value is -1.91. The lowest BCUT2D eigenvalue weighted by Gasteiger charge is -2.28. The first-order valence-corrected chi connectivity index (χ1v) is 9.79. The highest BCUT2D eigenvalue weighted by atomic mass is 32.2. The van der Waals surface area contributed by atoms with Crippen LogP contribution in [0.25, 0.3) is 0 Å². The summed E-state index contributed by atoms with van der Waals surface area (Å²) in [6, 6.07) is 8.57. The molecule has 7 heteroatoms. The maximum atomic E-state index is 12.5. The number of likely N-dealkylation sites (N-methyl/N-ethyl adjacent to an activating group) is 1. The summed E-state index contributed by atoms with van der Waals surface area (Å²) in [5.74, 6) is 0.0869. The minimum Gasteiger partial charge on any atom is -0.340 e. The van der Waals surface area contributed by atoms with Crippen LogP contribution >= 0.6 is 0 Å². The van der Waals surface area contributed by atoms with Crippen molar-refractivity contribution in [3.63, 3.8) is 0 Å². The molecule has 0 saturated carbocycles. The molecule has 3 atom stereocenters. The molecule has 0 aliphatic carbocycles. The van der Waals surface area contributed by atoms with Crippen molar-refractivity contribution < 1.29 is 13.2 Å². The van der Waals surface area contributed by atoms with E-state index in [1.165, 1.54) is 0 Å². The predicted octanol–water partition coefficient (Wildman–Crippen LogP) is 1.24. The highest BCUT2D eigenvalue weighted by Gasteiger charge is 2.34. The van der Waals surface area contributed by atoms with Crippen LogP contribution in [0.3, 0.4) is 0 Å². The van der Waals surface area contributed by atoms with Crippen molar-refractivity contribution in [1.29, 1.82) is 5.26 Å². The molecule has 130 valence electrons. The van der Waals surface area contributed by atoms with Crippen LogP contribution in [-0.2, 0) is 14.6 Å². The zero-order chi connectivity index (χ0) is 17.9. The third-order valence-electron chi connectivity index (χ3n) is 4.51. The van der Waals surface area contributed by atoms with Crippen molar-refractivity contribution in [3.05, 3.63) is 35.4 Å². The molecule has 1 aliphatic rings. The van der Waals surface area contributed by atoms with Crippen molar-refractivity contribution in [1.82, 2.24) is 10.2 Å². The number of nitriles is 1. The highest BCUT2D eigenvalue weighted by molar-refractivity contribution is 7.91. The van der Waals surface area contributed by atoms with E-state index in [1.807, 2.05) is 19.1 Å². The minimum atomic E-state index is -3.01. The SMILES string of the molecule is C[C@H](N[C@@H](C)c1ccc(C#N)cc1)C(=O)N(C)[C@@H]1CCS(=O)(=O)C1. The van der Waals surface area contributed by atoms with Gasteiger partial charge in [-0.05, 0) is 38.0 Å². The fourth-order valence-corrected chi connectivity index (χ4v) is 4.73. The van der Waals surface area contributed by atoms with Crippen LogP contribution in [0.15, 0.2) is 24.3 Å². The number of hydrogen-bond donors (Lipinski definition) is 1. The Labute approximate surface area is 143 Å². The molecule has 24 heavy (non-hydrogen) atoms. The lowest BCUT2D eigenvalue weighted by Crippen LogP contribution is -2.48. The number of hydrogen-bond acceptors (Lipinski definition) is 5. The smallest absolute Gasteiger partial charge is 0.239 e. The van der Waals surface area contributed by atoms with Gasteiger partial charge in [-0.1, -0.05) is 12.1 Å². The molecule has 1 heterocycles. The number of carbonyl (C=O) groups excluding carboxylic acids is 1. The number of carbonyl (C=O) groups is 1. The van der Waals surface area contributed by atoms with Crippen LogP contribution < -0.4 is 5.32 Å². The van der Waals surface area contributed by atoms with Crippen LogP contribution in [0.2, 0.25) is 0 Å². The van der Waals surface area contributed by atoms with E-state index in [1.54, 1.807) is 31.0 Å². The number of sulfone groups is 1. The Balaban J connectivity index is 1.96. The molecule has 1 fully saturated rings. The lowest BCUT2D eigenvalue weighted by atomic mass is 10.1. The summed E-state index contributed by atoms with van der Waals surface area (Å²) in [7, 11) is -1.35. The van der Waals surface area contributed by atoms with Gasteiger partial charge in [0.25, 0.3) is 0 Å². The number of nitrogens with one attached hydrogen (secondary N) is 1. The van der Waals surface area contributed by atoms with E-state index < -0.39 is 15.9 Å². The summed E-state index contributed by atoms with van der Waals surface area (Å²) in [6.45, 7) is 3.73. The van der Waals surface area contributed by atoms with Gasteiger partial charge in [0, 0.05) is 19.1 Å². The second-order valence-electron chi connectivity index (χ2n) is 6.35. The van der Waals surface area contributed by atoms with Crippen molar-refractivity contribution in [3.8, 4) is 6.07 Å². The quantitative estimate of drug-likeness (QED) is 0.864. The maximum absolute atomic E-state index is 12.5. The lowest BCUT2D eigenvalue weighted by molar-refractivity contribution is -0.133. The van der Waals surface area contributed by atoms with Gasteiger partial charge in [-0.3, -0.25) is 10.1 Å². The molecule has 1 aliphatic heterocycles. The first-order chi connectivity index (χ1) is 11.2. The first-order valence-electron chi connectivity index (χ1n) is 7.96. The molecular formula is C17H23N3O3S. The van der Waals surface area contributed by atoms with E-state index >= 15 is 0 Å². The predicted molar refractivity (Wildman–Crippen MR) is 92.0 cm³/mol. The van der Waals surface area contributed by atoms with Crippen molar-refractivity contribution in [2.45, 2.75) is 38.4 Å². The Morgan fingerprint density at radius 2 is 1.96 bits per heavy atom. The van der Waals surface area contributed by atoms with Gasteiger partial charge in [-0.15, -0.1) is 0 Å². The molecule has 0 spiro atoms. The van der Waals surface area contributed by atoms with Gasteiger partial charge >= 0.3 is 0 Å². The second kappa shape index (κ2) is 7.32. The molecule has 1 saturated heterocycles. The van der Waals surface area contributed by atoms with E-state index in [2.05, 4.69) is 11.4 Å². The van der Waals surface area contributed by atoms with Gasteiger partial charge in [-0.2, -0.15) is 5.26 Å². The normalized spacial score (nSPS) is 21.7. The molecule has 6 nitrogen and oxygen atoms in total. The molecule has 0 radical (unpaired) electrons. The third kappa shape index (κ3) is 4.34. The second-order valence-corrected chi connectivity index (χ2v) is 8.58. The van der Waals surface area contributed by atoms with E-state index in [-0.39, 0.29) is 29.5 Å². The monoisotopic (exact) mass is 349 g/mol. The average molecular weight is 349 g/mol. The van der Waals surface area contributed by atoms with E-state index in [0.717, 1.165) is 5.56 Å². The Morgan fingerprint density at radius 1 is 1.33 bits per heavy atom. The molecule has 1 aromatic rings. The molecule has 1 N–H and O–H groups in total. The van der Waals surface area contributed by atoms with Crippen LogP contribution in [0, 0.1) is 11.3 Å². The van der Waals surface area contributed by atoms with Crippen LogP contribution in [0.4, 0.5) is 0 Å². The first kappa shape index (κ1) is 18.4. The van der Waals surface area contributed by atoms with Gasteiger partial charge in [0.1, 0.15) is 0 Å². The van der Waals surface area contributed by atoms with Crippen LogP contribution in [-0.4, -0.2) is 49.9 Å². The summed E-state index contributed by atoms with van der Waals surface area (Å²) in [5.41, 5.74) is 1.58. The Bertz CT molecular complexity index is 737. The van der Waals surface area contributed by atoms with Crippen LogP contribution in [0.1, 0.15) is 37.4 Å². The van der Waals surface area contributed by atoms with Crippen LogP contribution in [0.5, 0.6) is 0 Å². The van der Waals surface area contributed by atoms with Gasteiger partial charge in [0.2, 0.25) is 5.91 Å². The number of benzene rings is 1. The zero-order valence-corrected chi connectivity index (χ0v) is 15.0. The largest absolute Gasteiger partial charge is 0.340 e. The van der Waals surface area contributed by atoms with E-state index in [4.69, 9.17) is 5.26 Å².